The summed E-state index contributed by atoms with van der Waals surface area (Å²) >= 11 is 0. The molecule has 3 rings (SSSR count). The van der Waals surface area contributed by atoms with Gasteiger partial charge in [0, 0.05) is 0 Å². The fourth-order valence-electron chi connectivity index (χ4n) is 4.48. The number of hydrogen-bond acceptors (Lipinski definition) is 0. The van der Waals surface area contributed by atoms with E-state index in [1.165, 1.54) is 61.2 Å². The maximum Gasteiger partial charge on any atom is 1.00 e. The van der Waals surface area contributed by atoms with E-state index in [-0.39, 0.29) is 24.3 Å². The molecule has 0 aliphatic carbocycles. The SMILES string of the molecule is Cc1cc(C)c(-c2[c-]c(-c3c(C)cc(C)cc3C)cc(C(C)(C)C)c2)c(C)c1.[Li+]. The van der Waals surface area contributed by atoms with Crippen molar-refractivity contribution >= 4 is 0 Å². The Morgan fingerprint density at radius 2 is 0.862 bits per heavy atom. The first-order valence-electron chi connectivity index (χ1n) is 10.2. The van der Waals surface area contributed by atoms with Crippen molar-refractivity contribution in [1.82, 2.24) is 0 Å². The van der Waals surface area contributed by atoms with Gasteiger partial charge in [0.15, 0.2) is 0 Å². The summed E-state index contributed by atoms with van der Waals surface area (Å²) in [5.41, 5.74) is 14.4. The van der Waals surface area contributed by atoms with E-state index >= 15 is 0 Å². The normalized spacial score (nSPS) is 11.3. The van der Waals surface area contributed by atoms with Crippen LogP contribution in [0, 0.1) is 47.6 Å². The molecule has 0 heterocycles. The van der Waals surface area contributed by atoms with E-state index in [1.54, 1.807) is 0 Å². The second-order valence-corrected chi connectivity index (χ2v) is 9.49. The van der Waals surface area contributed by atoms with Gasteiger partial charge in [-0.25, -0.2) is 0 Å². The third kappa shape index (κ3) is 4.88. The van der Waals surface area contributed by atoms with Gasteiger partial charge in [-0.15, -0.1) is 34.9 Å². The molecule has 0 N–H and O–H groups in total. The Kier molecular flexibility index (Phi) is 6.94. The van der Waals surface area contributed by atoms with Crippen molar-refractivity contribution in [1.29, 1.82) is 0 Å². The maximum atomic E-state index is 3.79. The molecule has 0 fully saturated rings. The zero-order chi connectivity index (χ0) is 20.8. The molecule has 0 radical (unpaired) electrons. The molecular formula is C28H33Li. The molecular weight excluding hydrogens is 343 g/mol. The minimum atomic E-state index is 0. The van der Waals surface area contributed by atoms with Crippen molar-refractivity contribution in [3.8, 4) is 22.3 Å². The van der Waals surface area contributed by atoms with Gasteiger partial charge < -0.3 is 0 Å². The van der Waals surface area contributed by atoms with E-state index in [0.29, 0.717) is 0 Å². The molecule has 0 nitrogen and oxygen atoms in total. The van der Waals surface area contributed by atoms with Crippen molar-refractivity contribution in [2.45, 2.75) is 67.7 Å². The maximum absolute atomic E-state index is 3.79. The van der Waals surface area contributed by atoms with Crippen molar-refractivity contribution < 1.29 is 18.9 Å². The third-order valence-corrected chi connectivity index (χ3v) is 5.63. The Balaban J connectivity index is 0.00000300. The van der Waals surface area contributed by atoms with Crippen LogP contribution in [0.15, 0.2) is 36.4 Å². The Hall–Kier alpha value is -1.74. The predicted molar refractivity (Wildman–Crippen MR) is 123 cm³/mol. The Bertz CT molecular complexity index is 927. The van der Waals surface area contributed by atoms with Gasteiger partial charge >= 0.3 is 18.9 Å². The topological polar surface area (TPSA) is 0 Å². The molecule has 3 aromatic carbocycles. The summed E-state index contributed by atoms with van der Waals surface area (Å²) < 4.78 is 0. The quantitative estimate of drug-likeness (QED) is 0.437. The van der Waals surface area contributed by atoms with Gasteiger partial charge in [0.05, 0.1) is 0 Å². The Labute approximate surface area is 189 Å². The molecule has 0 saturated carbocycles. The summed E-state index contributed by atoms with van der Waals surface area (Å²) in [5.74, 6) is 0. The standard InChI is InChI=1S/C28H33.Li/c1-17-10-19(3)26(20(4)11-17)23-14-24(16-25(15-23)28(7,8)9)27-21(5)12-18(2)13-22(27)6;/h10-13,15-16H,1-9H3;/q-1;+1. The van der Waals surface area contributed by atoms with Crippen LogP contribution in [0.2, 0.25) is 0 Å². The van der Waals surface area contributed by atoms with Gasteiger partial charge in [-0.3, -0.25) is 0 Å². The number of aryl methyl sites for hydroxylation is 6. The van der Waals surface area contributed by atoms with Crippen LogP contribution in [-0.2, 0) is 5.41 Å². The zero-order valence-corrected chi connectivity index (χ0v) is 20.0. The Morgan fingerprint density at radius 3 is 1.14 bits per heavy atom. The monoisotopic (exact) mass is 376 g/mol. The predicted octanol–water partition coefficient (Wildman–Crippen LogP) is 4.97. The molecule has 1 heteroatoms. The van der Waals surface area contributed by atoms with E-state index < -0.39 is 0 Å². The first-order chi connectivity index (χ1) is 13.0. The minimum Gasteiger partial charge on any atom is -0.122 e. The van der Waals surface area contributed by atoms with Crippen LogP contribution in [0.3, 0.4) is 0 Å². The van der Waals surface area contributed by atoms with E-state index in [4.69, 9.17) is 0 Å². The van der Waals surface area contributed by atoms with E-state index in [2.05, 4.69) is 105 Å². The summed E-state index contributed by atoms with van der Waals surface area (Å²) in [5, 5.41) is 0. The molecule has 0 atom stereocenters. The molecule has 0 aliphatic rings. The van der Waals surface area contributed by atoms with Crippen molar-refractivity contribution in [3.63, 3.8) is 0 Å². The fraction of sp³-hybridized carbons (Fsp3) is 0.357. The number of benzene rings is 3. The second kappa shape index (κ2) is 8.55. The minimum absolute atomic E-state index is 0. The molecule has 0 aromatic heterocycles. The molecule has 3 aromatic rings. The van der Waals surface area contributed by atoms with E-state index in [9.17, 15) is 0 Å². The van der Waals surface area contributed by atoms with E-state index in [0.717, 1.165) is 0 Å². The molecule has 0 saturated heterocycles. The number of rotatable bonds is 2. The van der Waals surface area contributed by atoms with Crippen LogP contribution < -0.4 is 18.9 Å². The molecule has 0 spiro atoms. The fourth-order valence-corrected chi connectivity index (χ4v) is 4.48. The molecule has 0 bridgehead atoms. The van der Waals surface area contributed by atoms with Gasteiger partial charge in [0.2, 0.25) is 0 Å². The summed E-state index contributed by atoms with van der Waals surface area (Å²) in [6.07, 6.45) is 0. The largest absolute Gasteiger partial charge is 1.00 e. The van der Waals surface area contributed by atoms with Crippen LogP contribution in [-0.4, -0.2) is 0 Å². The van der Waals surface area contributed by atoms with Crippen LogP contribution in [0.4, 0.5) is 0 Å². The van der Waals surface area contributed by atoms with Crippen LogP contribution >= 0.6 is 0 Å². The summed E-state index contributed by atoms with van der Waals surface area (Å²) in [6.45, 7) is 20.1. The van der Waals surface area contributed by atoms with Gasteiger partial charge in [-0.05, 0) is 47.0 Å². The van der Waals surface area contributed by atoms with Crippen molar-refractivity contribution in [3.05, 3.63) is 81.4 Å². The van der Waals surface area contributed by atoms with Crippen molar-refractivity contribution in [2.24, 2.45) is 0 Å². The first kappa shape index (κ1) is 23.5. The van der Waals surface area contributed by atoms with Crippen LogP contribution in [0.1, 0.15) is 59.7 Å². The molecule has 0 amide bonds. The molecule has 29 heavy (non-hydrogen) atoms. The van der Waals surface area contributed by atoms with Gasteiger partial charge in [0.25, 0.3) is 0 Å². The zero-order valence-electron chi connectivity index (χ0n) is 20.0. The average molecular weight is 377 g/mol. The smallest absolute Gasteiger partial charge is 0.122 e. The molecule has 0 aliphatic heterocycles. The van der Waals surface area contributed by atoms with Gasteiger partial charge in [0.1, 0.15) is 0 Å². The van der Waals surface area contributed by atoms with Crippen molar-refractivity contribution in [2.75, 3.05) is 0 Å². The van der Waals surface area contributed by atoms with Gasteiger partial charge in [-0.2, -0.15) is 0 Å². The van der Waals surface area contributed by atoms with Gasteiger partial charge in [-0.1, -0.05) is 89.5 Å². The third-order valence-electron chi connectivity index (χ3n) is 5.63. The second-order valence-electron chi connectivity index (χ2n) is 9.49. The number of hydrogen-bond donors (Lipinski definition) is 0. The van der Waals surface area contributed by atoms with Crippen LogP contribution in [0.25, 0.3) is 22.3 Å². The van der Waals surface area contributed by atoms with Crippen LogP contribution in [0.5, 0.6) is 0 Å². The first-order valence-corrected chi connectivity index (χ1v) is 10.2. The average Bonchev–Trinajstić information content (AvgIpc) is 2.51. The molecule has 146 valence electrons. The van der Waals surface area contributed by atoms with E-state index in [1.807, 2.05) is 0 Å². The summed E-state index contributed by atoms with van der Waals surface area (Å²) in [4.78, 5) is 0. The summed E-state index contributed by atoms with van der Waals surface area (Å²) in [6, 6.07) is 17.6. The molecule has 0 unspecified atom stereocenters. The summed E-state index contributed by atoms with van der Waals surface area (Å²) in [7, 11) is 0. The Morgan fingerprint density at radius 1 is 0.552 bits per heavy atom.